The first-order chi connectivity index (χ1) is 7.86. The Morgan fingerprint density at radius 3 is 2.81 bits per heavy atom. The number of aliphatic imine (C=N–C) groups is 1. The van der Waals surface area contributed by atoms with E-state index in [0.29, 0.717) is 6.04 Å². The van der Waals surface area contributed by atoms with Gasteiger partial charge in [-0.05, 0) is 24.5 Å². The minimum Gasteiger partial charge on any atom is -0.370 e. The van der Waals surface area contributed by atoms with Crippen LogP contribution in [0.3, 0.4) is 0 Å². The summed E-state index contributed by atoms with van der Waals surface area (Å²) in [5.41, 5.74) is 0. The fourth-order valence-electron chi connectivity index (χ4n) is 2.12. The molecule has 0 bridgehead atoms. The standard InChI is InChI=1S/C12H19N3S/c1-3-15(4-2)11(10-6-5-9-16-10)12-13-7-8-14-12/h5-6,9,11H,3-4,7-8H2,1-2H3,(H,13,14). The Balaban J connectivity index is 2.25. The highest BCUT2D eigenvalue weighted by Crippen LogP contribution is 2.26. The second kappa shape index (κ2) is 5.46. The minimum atomic E-state index is 0.331. The number of nitrogens with one attached hydrogen (secondary N) is 1. The van der Waals surface area contributed by atoms with Crippen molar-refractivity contribution in [1.29, 1.82) is 0 Å². The summed E-state index contributed by atoms with van der Waals surface area (Å²) in [4.78, 5) is 8.41. The number of rotatable bonds is 5. The molecule has 3 nitrogen and oxygen atoms in total. The van der Waals surface area contributed by atoms with E-state index in [4.69, 9.17) is 0 Å². The maximum absolute atomic E-state index is 4.58. The molecular weight excluding hydrogens is 218 g/mol. The van der Waals surface area contributed by atoms with Crippen LogP contribution in [0.2, 0.25) is 0 Å². The van der Waals surface area contributed by atoms with Crippen molar-refractivity contribution in [3.05, 3.63) is 22.4 Å². The van der Waals surface area contributed by atoms with Crippen molar-refractivity contribution >= 4 is 17.2 Å². The third-order valence-corrected chi connectivity index (χ3v) is 3.87. The Bertz CT molecular complexity index is 341. The molecule has 2 heterocycles. The second-order valence-electron chi connectivity index (χ2n) is 3.83. The molecule has 0 aliphatic carbocycles. The summed E-state index contributed by atoms with van der Waals surface area (Å²) in [5.74, 6) is 1.14. The molecule has 4 heteroatoms. The van der Waals surface area contributed by atoms with E-state index in [1.54, 1.807) is 0 Å². The molecule has 16 heavy (non-hydrogen) atoms. The highest BCUT2D eigenvalue weighted by atomic mass is 32.1. The van der Waals surface area contributed by atoms with Crippen molar-refractivity contribution in [3.8, 4) is 0 Å². The molecule has 88 valence electrons. The Labute approximate surface area is 101 Å². The van der Waals surface area contributed by atoms with E-state index in [1.807, 2.05) is 11.3 Å². The minimum absolute atomic E-state index is 0.331. The van der Waals surface area contributed by atoms with Crippen LogP contribution in [-0.2, 0) is 0 Å². The Morgan fingerprint density at radius 1 is 1.50 bits per heavy atom. The van der Waals surface area contributed by atoms with E-state index < -0.39 is 0 Å². The van der Waals surface area contributed by atoms with Gasteiger partial charge in [-0.1, -0.05) is 19.9 Å². The molecule has 0 amide bonds. The van der Waals surface area contributed by atoms with E-state index in [9.17, 15) is 0 Å². The van der Waals surface area contributed by atoms with Crippen LogP contribution in [0.25, 0.3) is 0 Å². The van der Waals surface area contributed by atoms with Crippen LogP contribution in [0.4, 0.5) is 0 Å². The number of likely N-dealkylation sites (N-methyl/N-ethyl adjacent to an activating group) is 1. The van der Waals surface area contributed by atoms with Crippen LogP contribution in [0.15, 0.2) is 22.5 Å². The summed E-state index contributed by atoms with van der Waals surface area (Å²) in [5, 5.41) is 5.55. The lowest BCUT2D eigenvalue weighted by molar-refractivity contribution is 0.271. The highest BCUT2D eigenvalue weighted by molar-refractivity contribution is 7.10. The number of nitrogens with zero attached hydrogens (tertiary/aromatic N) is 2. The Hall–Kier alpha value is -0.870. The number of thiophene rings is 1. The summed E-state index contributed by atoms with van der Waals surface area (Å²) >= 11 is 1.81. The van der Waals surface area contributed by atoms with E-state index in [2.05, 4.69) is 46.6 Å². The lowest BCUT2D eigenvalue weighted by atomic mass is 10.2. The molecule has 0 saturated heterocycles. The highest BCUT2D eigenvalue weighted by Gasteiger charge is 2.26. The van der Waals surface area contributed by atoms with E-state index >= 15 is 0 Å². The normalized spacial score (nSPS) is 17.3. The van der Waals surface area contributed by atoms with Gasteiger partial charge in [-0.3, -0.25) is 9.89 Å². The largest absolute Gasteiger partial charge is 0.370 e. The molecule has 2 rings (SSSR count). The molecule has 0 radical (unpaired) electrons. The maximum Gasteiger partial charge on any atom is 0.119 e. The third kappa shape index (κ3) is 2.28. The molecule has 1 atom stereocenters. The number of amidine groups is 1. The summed E-state index contributed by atoms with van der Waals surface area (Å²) < 4.78 is 0. The lowest BCUT2D eigenvalue weighted by Gasteiger charge is -2.28. The van der Waals surface area contributed by atoms with Gasteiger partial charge in [-0.15, -0.1) is 11.3 Å². The van der Waals surface area contributed by atoms with Gasteiger partial charge >= 0.3 is 0 Å². The first kappa shape index (κ1) is 11.6. The van der Waals surface area contributed by atoms with Gasteiger partial charge in [0.2, 0.25) is 0 Å². The smallest absolute Gasteiger partial charge is 0.119 e. The van der Waals surface area contributed by atoms with Crippen molar-refractivity contribution in [1.82, 2.24) is 10.2 Å². The molecule has 1 aliphatic heterocycles. The molecule has 1 N–H and O–H groups in total. The zero-order valence-electron chi connectivity index (χ0n) is 9.94. The van der Waals surface area contributed by atoms with Crippen LogP contribution < -0.4 is 5.32 Å². The average Bonchev–Trinajstić information content (AvgIpc) is 2.98. The molecule has 0 saturated carbocycles. The van der Waals surface area contributed by atoms with Crippen LogP contribution in [0, 0.1) is 0 Å². The zero-order valence-corrected chi connectivity index (χ0v) is 10.8. The number of hydrogen-bond acceptors (Lipinski definition) is 4. The maximum atomic E-state index is 4.58. The monoisotopic (exact) mass is 237 g/mol. The first-order valence-corrected chi connectivity index (χ1v) is 6.80. The van der Waals surface area contributed by atoms with Crippen molar-refractivity contribution in [2.24, 2.45) is 4.99 Å². The Kier molecular flexibility index (Phi) is 3.96. The SMILES string of the molecule is CCN(CC)C(C1=NCCN1)c1cccs1. The van der Waals surface area contributed by atoms with Crippen LogP contribution >= 0.6 is 11.3 Å². The van der Waals surface area contributed by atoms with Gasteiger partial charge in [-0.2, -0.15) is 0 Å². The molecule has 0 fully saturated rings. The summed E-state index contributed by atoms with van der Waals surface area (Å²) in [6, 6.07) is 4.65. The number of hydrogen-bond donors (Lipinski definition) is 1. The van der Waals surface area contributed by atoms with Crippen LogP contribution in [0.1, 0.15) is 24.8 Å². The zero-order chi connectivity index (χ0) is 11.4. The molecule has 0 spiro atoms. The van der Waals surface area contributed by atoms with Gasteiger partial charge in [0.1, 0.15) is 11.9 Å². The quantitative estimate of drug-likeness (QED) is 0.849. The fraction of sp³-hybridized carbons (Fsp3) is 0.583. The van der Waals surface area contributed by atoms with Gasteiger partial charge in [0.15, 0.2) is 0 Å². The topological polar surface area (TPSA) is 27.6 Å². The van der Waals surface area contributed by atoms with Crippen LogP contribution in [0.5, 0.6) is 0 Å². The van der Waals surface area contributed by atoms with E-state index in [1.165, 1.54) is 4.88 Å². The predicted octanol–water partition coefficient (Wildman–Crippen LogP) is 2.13. The van der Waals surface area contributed by atoms with Gasteiger partial charge in [0, 0.05) is 11.4 Å². The van der Waals surface area contributed by atoms with Crippen LogP contribution in [-0.4, -0.2) is 36.9 Å². The van der Waals surface area contributed by atoms with Crippen molar-refractivity contribution in [2.75, 3.05) is 26.2 Å². The molecule has 1 aromatic rings. The summed E-state index contributed by atoms with van der Waals surface area (Å²) in [6.45, 7) is 8.43. The molecule has 1 aromatic heterocycles. The Morgan fingerprint density at radius 2 is 2.31 bits per heavy atom. The lowest BCUT2D eigenvalue weighted by Crippen LogP contribution is -2.38. The molecule has 1 unspecified atom stereocenters. The molecule has 1 aliphatic rings. The van der Waals surface area contributed by atoms with Gasteiger partial charge in [0.25, 0.3) is 0 Å². The van der Waals surface area contributed by atoms with Gasteiger partial charge < -0.3 is 5.32 Å². The van der Waals surface area contributed by atoms with E-state index in [-0.39, 0.29) is 0 Å². The van der Waals surface area contributed by atoms with Crippen molar-refractivity contribution in [2.45, 2.75) is 19.9 Å². The van der Waals surface area contributed by atoms with Crippen molar-refractivity contribution < 1.29 is 0 Å². The fourth-order valence-corrected chi connectivity index (χ4v) is 2.98. The molecule has 0 aromatic carbocycles. The summed E-state index contributed by atoms with van der Waals surface area (Å²) in [7, 11) is 0. The van der Waals surface area contributed by atoms with Crippen molar-refractivity contribution in [3.63, 3.8) is 0 Å². The first-order valence-electron chi connectivity index (χ1n) is 5.92. The molecular formula is C12H19N3S. The average molecular weight is 237 g/mol. The predicted molar refractivity (Wildman–Crippen MR) is 70.3 cm³/mol. The second-order valence-corrected chi connectivity index (χ2v) is 4.81. The third-order valence-electron chi connectivity index (χ3n) is 2.95. The summed E-state index contributed by atoms with van der Waals surface area (Å²) in [6.07, 6.45) is 0. The van der Waals surface area contributed by atoms with Gasteiger partial charge in [-0.25, -0.2) is 0 Å². The van der Waals surface area contributed by atoms with Gasteiger partial charge in [0.05, 0.1) is 6.54 Å². The van der Waals surface area contributed by atoms with E-state index in [0.717, 1.165) is 32.0 Å².